The highest BCUT2D eigenvalue weighted by atomic mass is 16.4. The molecule has 0 saturated heterocycles. The molecule has 0 spiro atoms. The van der Waals surface area contributed by atoms with Crippen LogP contribution in [0.2, 0.25) is 0 Å². The minimum atomic E-state index is -0.718. The summed E-state index contributed by atoms with van der Waals surface area (Å²) in [6, 6.07) is 8.31. The van der Waals surface area contributed by atoms with E-state index in [9.17, 15) is 9.90 Å². The third kappa shape index (κ3) is 3.34. The molecule has 1 aromatic carbocycles. The van der Waals surface area contributed by atoms with Crippen LogP contribution in [0.1, 0.15) is 52.2 Å². The van der Waals surface area contributed by atoms with Crippen molar-refractivity contribution in [1.82, 2.24) is 0 Å². The van der Waals surface area contributed by atoms with E-state index < -0.39 is 11.4 Å². The second-order valence-electron chi connectivity index (χ2n) is 6.34. The number of carboxylic acids is 1. The zero-order valence-electron chi connectivity index (χ0n) is 12.1. The molecule has 1 rings (SSSR count). The van der Waals surface area contributed by atoms with Crippen LogP contribution in [0.4, 0.5) is 0 Å². The maximum absolute atomic E-state index is 11.3. The van der Waals surface area contributed by atoms with Crippen LogP contribution >= 0.6 is 0 Å². The molecule has 1 aromatic rings. The monoisotopic (exact) mass is 248 g/mol. The first-order chi connectivity index (χ1) is 8.19. The molecule has 0 aliphatic rings. The Morgan fingerprint density at radius 3 is 1.94 bits per heavy atom. The Hall–Kier alpha value is -1.31. The number of hydrogen-bond donors (Lipinski definition) is 1. The average molecular weight is 248 g/mol. The smallest absolute Gasteiger partial charge is 0.309 e. The van der Waals surface area contributed by atoms with Crippen LogP contribution in [0.5, 0.6) is 0 Å². The molecule has 0 aromatic heterocycles. The van der Waals surface area contributed by atoms with Crippen LogP contribution in [0.3, 0.4) is 0 Å². The molecule has 1 atom stereocenters. The van der Waals surface area contributed by atoms with E-state index in [0.29, 0.717) is 12.8 Å². The first kappa shape index (κ1) is 14.7. The molecule has 1 unspecified atom stereocenters. The Bertz CT molecular complexity index is 412. The Morgan fingerprint density at radius 2 is 1.61 bits per heavy atom. The van der Waals surface area contributed by atoms with Crippen LogP contribution in [0, 0.1) is 5.41 Å². The summed E-state index contributed by atoms with van der Waals surface area (Å²) in [7, 11) is 0. The second-order valence-corrected chi connectivity index (χ2v) is 6.34. The van der Waals surface area contributed by atoms with Gasteiger partial charge in [-0.05, 0) is 36.3 Å². The zero-order chi connectivity index (χ0) is 14.0. The highest BCUT2D eigenvalue weighted by molar-refractivity contribution is 5.74. The second kappa shape index (κ2) is 5.13. The molecule has 2 heteroatoms. The van der Waals surface area contributed by atoms with Crippen LogP contribution < -0.4 is 0 Å². The standard InChI is InChI=1S/C16H24O2/c1-6-16(5,14(17)18)11-12-7-9-13(10-8-12)15(2,3)4/h7-10H,6,11H2,1-5H3,(H,17,18). The first-order valence-corrected chi connectivity index (χ1v) is 6.52. The lowest BCUT2D eigenvalue weighted by Gasteiger charge is -2.24. The summed E-state index contributed by atoms with van der Waals surface area (Å²) in [5, 5.41) is 9.28. The summed E-state index contributed by atoms with van der Waals surface area (Å²) in [5.74, 6) is -0.718. The fourth-order valence-electron chi connectivity index (χ4n) is 1.92. The van der Waals surface area contributed by atoms with Crippen LogP contribution in [-0.4, -0.2) is 11.1 Å². The van der Waals surface area contributed by atoms with Crippen molar-refractivity contribution in [3.05, 3.63) is 35.4 Å². The summed E-state index contributed by atoms with van der Waals surface area (Å²) in [5.41, 5.74) is 1.84. The topological polar surface area (TPSA) is 37.3 Å². The van der Waals surface area contributed by atoms with E-state index in [1.807, 2.05) is 13.8 Å². The molecular formula is C16H24O2. The highest BCUT2D eigenvalue weighted by Crippen LogP contribution is 2.28. The molecule has 100 valence electrons. The summed E-state index contributed by atoms with van der Waals surface area (Å²) in [6.07, 6.45) is 1.23. The van der Waals surface area contributed by atoms with Gasteiger partial charge in [-0.15, -0.1) is 0 Å². The number of rotatable bonds is 4. The molecule has 0 radical (unpaired) electrons. The summed E-state index contributed by atoms with van der Waals surface area (Å²) in [4.78, 5) is 11.3. The van der Waals surface area contributed by atoms with Gasteiger partial charge >= 0.3 is 5.97 Å². The zero-order valence-corrected chi connectivity index (χ0v) is 12.1. The van der Waals surface area contributed by atoms with Gasteiger partial charge in [0.1, 0.15) is 0 Å². The molecule has 0 amide bonds. The Labute approximate surface area is 110 Å². The molecular weight excluding hydrogens is 224 g/mol. The lowest BCUT2D eigenvalue weighted by Crippen LogP contribution is -2.29. The predicted molar refractivity (Wildman–Crippen MR) is 74.9 cm³/mol. The van der Waals surface area contributed by atoms with E-state index in [-0.39, 0.29) is 5.41 Å². The molecule has 0 bridgehead atoms. The van der Waals surface area contributed by atoms with E-state index >= 15 is 0 Å². The Morgan fingerprint density at radius 1 is 1.11 bits per heavy atom. The van der Waals surface area contributed by atoms with E-state index in [1.54, 1.807) is 0 Å². The lowest BCUT2D eigenvalue weighted by molar-refractivity contribution is -0.148. The van der Waals surface area contributed by atoms with Gasteiger partial charge in [0.15, 0.2) is 0 Å². The van der Waals surface area contributed by atoms with E-state index in [2.05, 4.69) is 45.0 Å². The van der Waals surface area contributed by atoms with Gasteiger partial charge in [0, 0.05) is 0 Å². The number of carbonyl (C=O) groups is 1. The summed E-state index contributed by atoms with van der Waals surface area (Å²) in [6.45, 7) is 10.3. The SMILES string of the molecule is CCC(C)(Cc1ccc(C(C)(C)C)cc1)C(=O)O. The van der Waals surface area contributed by atoms with Gasteiger partial charge in [0.2, 0.25) is 0 Å². The Balaban J connectivity index is 2.90. The molecule has 0 aliphatic heterocycles. The Kier molecular flexibility index (Phi) is 4.20. The van der Waals surface area contributed by atoms with Gasteiger partial charge in [-0.25, -0.2) is 0 Å². The van der Waals surface area contributed by atoms with Gasteiger partial charge in [0.25, 0.3) is 0 Å². The number of benzene rings is 1. The molecule has 0 aliphatic carbocycles. The van der Waals surface area contributed by atoms with Gasteiger partial charge in [-0.2, -0.15) is 0 Å². The third-order valence-electron chi connectivity index (χ3n) is 3.71. The third-order valence-corrected chi connectivity index (χ3v) is 3.71. The molecule has 0 saturated carbocycles. The van der Waals surface area contributed by atoms with Crippen LogP contribution in [-0.2, 0) is 16.6 Å². The summed E-state index contributed by atoms with van der Waals surface area (Å²) < 4.78 is 0. The van der Waals surface area contributed by atoms with Crippen molar-refractivity contribution in [3.63, 3.8) is 0 Å². The largest absolute Gasteiger partial charge is 0.481 e. The number of aliphatic carboxylic acids is 1. The van der Waals surface area contributed by atoms with Gasteiger partial charge in [-0.3, -0.25) is 4.79 Å². The van der Waals surface area contributed by atoms with Crippen molar-refractivity contribution in [2.24, 2.45) is 5.41 Å². The first-order valence-electron chi connectivity index (χ1n) is 6.52. The molecule has 0 fully saturated rings. The van der Waals surface area contributed by atoms with Crippen molar-refractivity contribution >= 4 is 5.97 Å². The van der Waals surface area contributed by atoms with Crippen LogP contribution in [0.25, 0.3) is 0 Å². The minimum Gasteiger partial charge on any atom is -0.481 e. The van der Waals surface area contributed by atoms with Gasteiger partial charge < -0.3 is 5.11 Å². The molecule has 2 nitrogen and oxygen atoms in total. The number of hydrogen-bond acceptors (Lipinski definition) is 1. The van der Waals surface area contributed by atoms with Crippen molar-refractivity contribution in [1.29, 1.82) is 0 Å². The normalized spacial score (nSPS) is 15.2. The highest BCUT2D eigenvalue weighted by Gasteiger charge is 2.31. The number of carboxylic acid groups (broad SMARTS) is 1. The van der Waals surface area contributed by atoms with Crippen molar-refractivity contribution in [2.75, 3.05) is 0 Å². The lowest BCUT2D eigenvalue weighted by atomic mass is 9.80. The van der Waals surface area contributed by atoms with E-state index in [0.717, 1.165) is 5.56 Å². The van der Waals surface area contributed by atoms with E-state index in [4.69, 9.17) is 0 Å². The molecule has 18 heavy (non-hydrogen) atoms. The predicted octanol–water partition coefficient (Wildman–Crippen LogP) is 4.03. The fraction of sp³-hybridized carbons (Fsp3) is 0.562. The molecule has 1 N–H and O–H groups in total. The average Bonchev–Trinajstić information content (AvgIpc) is 2.28. The van der Waals surface area contributed by atoms with Crippen LogP contribution in [0.15, 0.2) is 24.3 Å². The fourth-order valence-corrected chi connectivity index (χ4v) is 1.92. The maximum Gasteiger partial charge on any atom is 0.309 e. The maximum atomic E-state index is 11.3. The van der Waals surface area contributed by atoms with Crippen molar-refractivity contribution in [2.45, 2.75) is 52.9 Å². The molecule has 0 heterocycles. The van der Waals surface area contributed by atoms with Gasteiger partial charge in [0.05, 0.1) is 5.41 Å². The van der Waals surface area contributed by atoms with Crippen molar-refractivity contribution < 1.29 is 9.90 Å². The quantitative estimate of drug-likeness (QED) is 0.873. The minimum absolute atomic E-state index is 0.138. The van der Waals surface area contributed by atoms with Gasteiger partial charge in [-0.1, -0.05) is 52.0 Å². The summed E-state index contributed by atoms with van der Waals surface area (Å²) >= 11 is 0. The van der Waals surface area contributed by atoms with Crippen molar-refractivity contribution in [3.8, 4) is 0 Å². The van der Waals surface area contributed by atoms with E-state index in [1.165, 1.54) is 5.56 Å².